The van der Waals surface area contributed by atoms with Gasteiger partial charge < -0.3 is 15.0 Å². The number of methoxy groups -OCH3 is 1. The van der Waals surface area contributed by atoms with Gasteiger partial charge in [-0.15, -0.1) is 0 Å². The highest BCUT2D eigenvalue weighted by atomic mass is 16.5. The van der Waals surface area contributed by atoms with Crippen molar-refractivity contribution in [2.24, 2.45) is 0 Å². The molecule has 0 fully saturated rings. The van der Waals surface area contributed by atoms with Gasteiger partial charge in [0, 0.05) is 25.0 Å². The molecule has 2 aromatic carbocycles. The Kier molecular flexibility index (Phi) is 5.55. The number of nitrogens with zero attached hydrogens (tertiary/aromatic N) is 2. The molecule has 26 heavy (non-hydrogen) atoms. The first-order valence-electron chi connectivity index (χ1n) is 8.59. The highest BCUT2D eigenvalue weighted by Crippen LogP contribution is 2.27. The number of aryl methyl sites for hydroxylation is 1. The third kappa shape index (κ3) is 3.86. The van der Waals surface area contributed by atoms with Crippen LogP contribution in [0.1, 0.15) is 17.5 Å². The standard InChI is InChI=1S/C21H21N3O2/c1-26-19-9-4-6-16(12-19)14-23-15-18(13-22)21(25)24-11-5-8-17-7-2-3-10-20(17)24/h2-4,6-7,9-10,12,15,23H,5,8,11,14H2,1H3/b18-15-. The fourth-order valence-electron chi connectivity index (χ4n) is 3.09. The number of ether oxygens (including phenoxy) is 1. The summed E-state index contributed by atoms with van der Waals surface area (Å²) in [5, 5.41) is 12.5. The Morgan fingerprint density at radius 2 is 2.15 bits per heavy atom. The van der Waals surface area contributed by atoms with E-state index in [-0.39, 0.29) is 11.5 Å². The predicted octanol–water partition coefficient (Wildman–Crippen LogP) is 3.17. The number of carbonyl (C=O) groups is 1. The lowest BCUT2D eigenvalue weighted by molar-refractivity contribution is -0.114. The summed E-state index contributed by atoms with van der Waals surface area (Å²) >= 11 is 0. The quantitative estimate of drug-likeness (QED) is 0.666. The molecule has 1 amide bonds. The van der Waals surface area contributed by atoms with Crippen molar-refractivity contribution in [3.63, 3.8) is 0 Å². The highest BCUT2D eigenvalue weighted by Gasteiger charge is 2.24. The monoisotopic (exact) mass is 347 g/mol. The first kappa shape index (κ1) is 17.6. The minimum atomic E-state index is -0.266. The number of para-hydroxylation sites is 1. The van der Waals surface area contributed by atoms with Crippen molar-refractivity contribution in [1.29, 1.82) is 5.26 Å². The summed E-state index contributed by atoms with van der Waals surface area (Å²) in [6.45, 7) is 1.14. The number of benzene rings is 2. The zero-order valence-corrected chi connectivity index (χ0v) is 14.7. The smallest absolute Gasteiger partial charge is 0.270 e. The van der Waals surface area contributed by atoms with Crippen LogP contribution in [0.25, 0.3) is 0 Å². The largest absolute Gasteiger partial charge is 0.497 e. The van der Waals surface area contributed by atoms with Gasteiger partial charge in [0.25, 0.3) is 5.91 Å². The van der Waals surface area contributed by atoms with E-state index in [9.17, 15) is 10.1 Å². The summed E-state index contributed by atoms with van der Waals surface area (Å²) in [6, 6.07) is 17.5. The molecule has 2 aromatic rings. The summed E-state index contributed by atoms with van der Waals surface area (Å²) in [4.78, 5) is 14.5. The van der Waals surface area contributed by atoms with Gasteiger partial charge in [0.2, 0.25) is 0 Å². The third-order valence-electron chi connectivity index (χ3n) is 4.39. The Hall–Kier alpha value is -3.26. The highest BCUT2D eigenvalue weighted by molar-refractivity contribution is 6.08. The molecule has 1 N–H and O–H groups in total. The molecular formula is C21H21N3O2. The molecule has 0 saturated heterocycles. The van der Waals surface area contributed by atoms with Gasteiger partial charge in [-0.2, -0.15) is 5.26 Å². The van der Waals surface area contributed by atoms with Gasteiger partial charge in [-0.05, 0) is 42.2 Å². The van der Waals surface area contributed by atoms with E-state index in [1.807, 2.05) is 54.6 Å². The average molecular weight is 347 g/mol. The fraction of sp³-hybridized carbons (Fsp3) is 0.238. The summed E-state index contributed by atoms with van der Waals surface area (Å²) in [7, 11) is 1.62. The Labute approximate surface area is 153 Å². The first-order valence-corrected chi connectivity index (χ1v) is 8.59. The molecule has 3 rings (SSSR count). The van der Waals surface area contributed by atoms with Gasteiger partial charge in [-0.25, -0.2) is 0 Å². The lowest BCUT2D eigenvalue weighted by atomic mass is 10.0. The van der Waals surface area contributed by atoms with Gasteiger partial charge in [0.15, 0.2) is 0 Å². The maximum Gasteiger partial charge on any atom is 0.270 e. The van der Waals surface area contributed by atoms with Crippen LogP contribution in [0, 0.1) is 11.3 Å². The van der Waals surface area contributed by atoms with Crippen molar-refractivity contribution < 1.29 is 9.53 Å². The van der Waals surface area contributed by atoms with Crippen molar-refractivity contribution in [2.75, 3.05) is 18.6 Å². The van der Waals surface area contributed by atoms with Crippen LogP contribution >= 0.6 is 0 Å². The number of nitriles is 1. The van der Waals surface area contributed by atoms with E-state index < -0.39 is 0 Å². The molecule has 0 bridgehead atoms. The number of fused-ring (bicyclic) bond motifs is 1. The van der Waals surface area contributed by atoms with Crippen LogP contribution in [0.2, 0.25) is 0 Å². The van der Waals surface area contributed by atoms with Crippen LogP contribution < -0.4 is 15.0 Å². The SMILES string of the molecule is COc1cccc(CN/C=C(/C#N)C(=O)N2CCCc3ccccc32)c1. The van der Waals surface area contributed by atoms with Gasteiger partial charge in [-0.3, -0.25) is 4.79 Å². The molecule has 0 atom stereocenters. The van der Waals surface area contributed by atoms with Gasteiger partial charge in [0.1, 0.15) is 17.4 Å². The number of rotatable bonds is 5. The molecule has 132 valence electrons. The summed E-state index contributed by atoms with van der Waals surface area (Å²) < 4.78 is 5.20. The average Bonchev–Trinajstić information content (AvgIpc) is 2.70. The molecule has 0 spiro atoms. The Bertz CT molecular complexity index is 868. The van der Waals surface area contributed by atoms with Crippen molar-refractivity contribution in [3.05, 3.63) is 71.4 Å². The number of anilines is 1. The Balaban J connectivity index is 1.71. The zero-order chi connectivity index (χ0) is 18.4. The van der Waals surface area contributed by atoms with Crippen LogP contribution in [0.4, 0.5) is 5.69 Å². The van der Waals surface area contributed by atoms with Gasteiger partial charge in [0.05, 0.1) is 7.11 Å². The summed E-state index contributed by atoms with van der Waals surface area (Å²) in [5.74, 6) is 0.507. The van der Waals surface area contributed by atoms with Crippen molar-refractivity contribution in [3.8, 4) is 11.8 Å². The summed E-state index contributed by atoms with van der Waals surface area (Å²) in [5.41, 5.74) is 3.16. The molecule has 0 unspecified atom stereocenters. The lowest BCUT2D eigenvalue weighted by Crippen LogP contribution is -2.36. The predicted molar refractivity (Wildman–Crippen MR) is 101 cm³/mol. The minimum Gasteiger partial charge on any atom is -0.497 e. The molecule has 0 aromatic heterocycles. The van der Waals surface area contributed by atoms with Crippen LogP contribution in [-0.2, 0) is 17.8 Å². The minimum absolute atomic E-state index is 0.101. The normalized spacial score (nSPS) is 13.5. The molecule has 1 aliphatic heterocycles. The molecule has 1 heterocycles. The summed E-state index contributed by atoms with van der Waals surface area (Å²) in [6.07, 6.45) is 3.36. The van der Waals surface area contributed by atoms with Crippen molar-refractivity contribution in [2.45, 2.75) is 19.4 Å². The third-order valence-corrected chi connectivity index (χ3v) is 4.39. The van der Waals surface area contributed by atoms with Crippen LogP contribution in [0.5, 0.6) is 5.75 Å². The molecule has 5 heteroatoms. The van der Waals surface area contributed by atoms with Gasteiger partial charge >= 0.3 is 0 Å². The Morgan fingerprint density at radius 3 is 2.96 bits per heavy atom. The van der Waals surface area contributed by atoms with E-state index in [0.29, 0.717) is 13.1 Å². The molecule has 0 saturated carbocycles. The second-order valence-electron chi connectivity index (χ2n) is 6.09. The number of hydrogen-bond donors (Lipinski definition) is 1. The van der Waals surface area contributed by atoms with E-state index >= 15 is 0 Å². The molecular weight excluding hydrogens is 326 g/mol. The number of amides is 1. The van der Waals surface area contributed by atoms with Crippen molar-refractivity contribution in [1.82, 2.24) is 5.32 Å². The van der Waals surface area contributed by atoms with Crippen LogP contribution in [0.3, 0.4) is 0 Å². The number of hydrogen-bond acceptors (Lipinski definition) is 4. The van der Waals surface area contributed by atoms with Crippen LogP contribution in [-0.4, -0.2) is 19.6 Å². The second kappa shape index (κ2) is 8.21. The van der Waals surface area contributed by atoms with E-state index in [4.69, 9.17) is 4.74 Å². The fourth-order valence-corrected chi connectivity index (χ4v) is 3.09. The zero-order valence-electron chi connectivity index (χ0n) is 14.7. The molecule has 0 aliphatic carbocycles. The maximum absolute atomic E-state index is 12.8. The van der Waals surface area contributed by atoms with E-state index in [2.05, 4.69) is 5.32 Å². The topological polar surface area (TPSA) is 65.4 Å². The van der Waals surface area contributed by atoms with Crippen LogP contribution in [0.15, 0.2) is 60.3 Å². The van der Waals surface area contributed by atoms with Gasteiger partial charge in [-0.1, -0.05) is 30.3 Å². The molecule has 5 nitrogen and oxygen atoms in total. The van der Waals surface area contributed by atoms with E-state index in [1.54, 1.807) is 12.0 Å². The van der Waals surface area contributed by atoms with E-state index in [0.717, 1.165) is 35.4 Å². The lowest BCUT2D eigenvalue weighted by Gasteiger charge is -2.29. The van der Waals surface area contributed by atoms with E-state index in [1.165, 1.54) is 6.20 Å². The first-order chi connectivity index (χ1) is 12.7. The second-order valence-corrected chi connectivity index (χ2v) is 6.09. The van der Waals surface area contributed by atoms with Crippen molar-refractivity contribution >= 4 is 11.6 Å². The number of nitrogens with one attached hydrogen (secondary N) is 1. The number of carbonyl (C=O) groups excluding carboxylic acids is 1. The molecule has 0 radical (unpaired) electrons. The Morgan fingerprint density at radius 1 is 1.31 bits per heavy atom. The maximum atomic E-state index is 12.8. The molecule has 1 aliphatic rings.